The second-order valence-electron chi connectivity index (χ2n) is 6.50. The molecule has 0 atom stereocenters. The van der Waals surface area contributed by atoms with Crippen molar-refractivity contribution in [1.82, 2.24) is 0 Å². The Labute approximate surface area is 170 Å². The minimum atomic E-state index is -0.237. The van der Waals surface area contributed by atoms with Crippen LogP contribution in [0.3, 0.4) is 0 Å². The molecule has 144 valence electrons. The van der Waals surface area contributed by atoms with Crippen LogP contribution in [0.4, 0.5) is 11.4 Å². The van der Waals surface area contributed by atoms with Gasteiger partial charge in [0.2, 0.25) is 11.8 Å². The van der Waals surface area contributed by atoms with Crippen molar-refractivity contribution in [2.45, 2.75) is 6.92 Å². The zero-order valence-electron chi connectivity index (χ0n) is 16.1. The van der Waals surface area contributed by atoms with E-state index >= 15 is 0 Å². The average Bonchev–Trinajstić information content (AvgIpc) is 2.75. The van der Waals surface area contributed by atoms with Gasteiger partial charge in [0.05, 0.1) is 0 Å². The fourth-order valence-corrected chi connectivity index (χ4v) is 2.66. The number of nitrogens with one attached hydrogen (secondary N) is 2. The summed E-state index contributed by atoms with van der Waals surface area (Å²) < 4.78 is 0. The van der Waals surface area contributed by atoms with Gasteiger partial charge in [-0.15, -0.1) is 0 Å². The lowest BCUT2D eigenvalue weighted by Crippen LogP contribution is -2.11. The lowest BCUT2D eigenvalue weighted by molar-refractivity contribution is -0.112. The molecule has 4 heteroatoms. The van der Waals surface area contributed by atoms with E-state index < -0.39 is 0 Å². The molecule has 0 fully saturated rings. The fraction of sp³-hybridized carbons (Fsp3) is 0.0400. The summed E-state index contributed by atoms with van der Waals surface area (Å²) in [5, 5.41) is 5.67. The summed E-state index contributed by atoms with van der Waals surface area (Å²) >= 11 is 0. The monoisotopic (exact) mass is 382 g/mol. The Hall–Kier alpha value is -3.92. The third kappa shape index (κ3) is 6.33. The molecule has 0 aliphatic rings. The smallest absolute Gasteiger partial charge is 0.248 e. The molecule has 0 aliphatic heterocycles. The Balaban J connectivity index is 1.63. The van der Waals surface area contributed by atoms with Crippen molar-refractivity contribution in [2.24, 2.45) is 0 Å². The number of anilines is 2. The van der Waals surface area contributed by atoms with Gasteiger partial charge in [0.15, 0.2) is 0 Å². The van der Waals surface area contributed by atoms with E-state index in [1.54, 1.807) is 24.3 Å². The maximum absolute atomic E-state index is 12.2. The highest BCUT2D eigenvalue weighted by molar-refractivity contribution is 6.04. The fourth-order valence-electron chi connectivity index (χ4n) is 2.66. The first kappa shape index (κ1) is 19.8. The number of benzene rings is 3. The van der Waals surface area contributed by atoms with Crippen molar-refractivity contribution in [2.75, 3.05) is 10.6 Å². The van der Waals surface area contributed by atoms with E-state index in [1.165, 1.54) is 12.2 Å². The maximum Gasteiger partial charge on any atom is 0.248 e. The highest BCUT2D eigenvalue weighted by atomic mass is 16.2. The molecule has 0 aliphatic carbocycles. The summed E-state index contributed by atoms with van der Waals surface area (Å²) in [7, 11) is 0. The van der Waals surface area contributed by atoms with Gasteiger partial charge in [-0.25, -0.2) is 0 Å². The largest absolute Gasteiger partial charge is 0.322 e. The van der Waals surface area contributed by atoms with Crippen LogP contribution < -0.4 is 10.6 Å². The summed E-state index contributed by atoms with van der Waals surface area (Å²) in [6, 6.07) is 24.6. The summed E-state index contributed by atoms with van der Waals surface area (Å²) in [4.78, 5) is 24.4. The van der Waals surface area contributed by atoms with Crippen LogP contribution in [-0.2, 0) is 9.59 Å². The lowest BCUT2D eigenvalue weighted by Gasteiger charge is -2.10. The van der Waals surface area contributed by atoms with Crippen LogP contribution in [0.1, 0.15) is 16.7 Å². The van der Waals surface area contributed by atoms with Gasteiger partial charge >= 0.3 is 0 Å². The molecule has 2 amide bonds. The van der Waals surface area contributed by atoms with Gasteiger partial charge in [-0.3, -0.25) is 9.59 Å². The molecule has 3 aromatic rings. The molecule has 3 rings (SSSR count). The molecule has 0 unspecified atom stereocenters. The van der Waals surface area contributed by atoms with Crippen molar-refractivity contribution in [1.29, 1.82) is 0 Å². The van der Waals surface area contributed by atoms with Gasteiger partial charge in [-0.05, 0) is 47.9 Å². The van der Waals surface area contributed by atoms with Crippen molar-refractivity contribution in [3.8, 4) is 0 Å². The first-order valence-corrected chi connectivity index (χ1v) is 9.29. The van der Waals surface area contributed by atoms with Gasteiger partial charge < -0.3 is 10.6 Å². The zero-order valence-corrected chi connectivity index (χ0v) is 16.1. The second kappa shape index (κ2) is 9.85. The predicted molar refractivity (Wildman–Crippen MR) is 119 cm³/mol. The van der Waals surface area contributed by atoms with Crippen molar-refractivity contribution in [3.05, 3.63) is 108 Å². The molecule has 0 spiro atoms. The molecule has 0 radical (unpaired) electrons. The van der Waals surface area contributed by atoms with Crippen LogP contribution in [0, 0.1) is 6.92 Å². The van der Waals surface area contributed by atoms with E-state index in [2.05, 4.69) is 10.6 Å². The minimum absolute atomic E-state index is 0.232. The van der Waals surface area contributed by atoms with Crippen molar-refractivity contribution < 1.29 is 9.59 Å². The Kier molecular flexibility index (Phi) is 6.74. The summed E-state index contributed by atoms with van der Waals surface area (Å²) in [6.45, 7) is 1.90. The Bertz CT molecular complexity index is 1040. The van der Waals surface area contributed by atoms with Crippen molar-refractivity contribution >= 4 is 35.3 Å². The maximum atomic E-state index is 12.2. The molecule has 0 saturated heterocycles. The van der Waals surface area contributed by atoms with Gasteiger partial charge in [-0.2, -0.15) is 0 Å². The highest BCUT2D eigenvalue weighted by Crippen LogP contribution is 2.20. The molecular weight excluding hydrogens is 360 g/mol. The Morgan fingerprint density at radius 3 is 1.76 bits per heavy atom. The number of carbonyl (C=O) groups excluding carboxylic acids is 2. The van der Waals surface area contributed by atoms with Crippen LogP contribution >= 0.6 is 0 Å². The standard InChI is InChI=1S/C25H22N2O2/c1-19-12-15-22(26-24(28)16-13-20-8-4-2-5-9-20)18-23(19)27-25(29)17-14-21-10-6-3-7-11-21/h2-18H,1H3,(H,26,28)(H,27,29)/b16-13-,17-14+. The molecule has 0 aromatic heterocycles. The summed E-state index contributed by atoms with van der Waals surface area (Å²) in [5.41, 5.74) is 4.07. The normalized spacial score (nSPS) is 10.9. The second-order valence-corrected chi connectivity index (χ2v) is 6.50. The van der Waals surface area contributed by atoms with E-state index in [9.17, 15) is 9.59 Å². The third-order valence-electron chi connectivity index (χ3n) is 4.22. The van der Waals surface area contributed by atoms with Crippen LogP contribution in [0.25, 0.3) is 12.2 Å². The van der Waals surface area contributed by atoms with E-state index in [1.807, 2.05) is 73.7 Å². The number of aryl methyl sites for hydroxylation is 1. The summed E-state index contributed by atoms with van der Waals surface area (Å²) in [6.07, 6.45) is 6.48. The Morgan fingerprint density at radius 1 is 0.690 bits per heavy atom. The molecule has 3 aromatic carbocycles. The molecule has 0 saturated carbocycles. The van der Waals surface area contributed by atoms with Crippen LogP contribution in [-0.4, -0.2) is 11.8 Å². The van der Waals surface area contributed by atoms with E-state index in [0.717, 1.165) is 16.7 Å². The van der Waals surface area contributed by atoms with Crippen LogP contribution in [0.15, 0.2) is 91.0 Å². The van der Waals surface area contributed by atoms with Crippen LogP contribution in [0.2, 0.25) is 0 Å². The van der Waals surface area contributed by atoms with E-state index in [4.69, 9.17) is 0 Å². The number of hydrogen-bond acceptors (Lipinski definition) is 2. The van der Waals surface area contributed by atoms with Gasteiger partial charge in [-0.1, -0.05) is 66.7 Å². The van der Waals surface area contributed by atoms with E-state index in [-0.39, 0.29) is 11.8 Å². The molecule has 4 nitrogen and oxygen atoms in total. The molecule has 0 bridgehead atoms. The van der Waals surface area contributed by atoms with Gasteiger partial charge in [0.25, 0.3) is 0 Å². The molecule has 0 heterocycles. The number of rotatable bonds is 6. The highest BCUT2D eigenvalue weighted by Gasteiger charge is 2.05. The SMILES string of the molecule is Cc1ccc(NC(=O)/C=C\c2ccccc2)cc1NC(=O)/C=C/c1ccccc1. The van der Waals surface area contributed by atoms with E-state index in [0.29, 0.717) is 11.4 Å². The number of amides is 2. The first-order valence-electron chi connectivity index (χ1n) is 9.29. The van der Waals surface area contributed by atoms with Gasteiger partial charge in [0, 0.05) is 23.5 Å². The third-order valence-corrected chi connectivity index (χ3v) is 4.22. The molecule has 2 N–H and O–H groups in total. The predicted octanol–water partition coefficient (Wildman–Crippen LogP) is 5.30. The first-order chi connectivity index (χ1) is 14.1. The number of carbonyl (C=O) groups is 2. The van der Waals surface area contributed by atoms with Gasteiger partial charge in [0.1, 0.15) is 0 Å². The lowest BCUT2D eigenvalue weighted by atomic mass is 10.1. The Morgan fingerprint density at radius 2 is 1.21 bits per heavy atom. The molecule has 29 heavy (non-hydrogen) atoms. The average molecular weight is 382 g/mol. The molecular formula is C25H22N2O2. The minimum Gasteiger partial charge on any atom is -0.322 e. The summed E-state index contributed by atoms with van der Waals surface area (Å²) in [5.74, 6) is -0.469. The van der Waals surface area contributed by atoms with Crippen LogP contribution in [0.5, 0.6) is 0 Å². The zero-order chi connectivity index (χ0) is 20.5. The number of hydrogen-bond donors (Lipinski definition) is 2. The quantitative estimate of drug-likeness (QED) is 0.569. The topological polar surface area (TPSA) is 58.2 Å². The van der Waals surface area contributed by atoms with Crippen molar-refractivity contribution in [3.63, 3.8) is 0 Å².